The number of hydrogen-bond acceptors (Lipinski definition) is 7. The van der Waals surface area contributed by atoms with E-state index in [1.54, 1.807) is 25.3 Å². The Labute approximate surface area is 206 Å². The molecule has 7 heteroatoms. The SMILES string of the molecule is C=CCOC(=O)COc1cc2c(-c3cc4cccc(OC)c4o3)cc(=O)oc2cc1-c1ccccc1. The zero-order chi connectivity index (χ0) is 25.1. The van der Waals surface area contributed by atoms with Crippen LogP contribution in [0.2, 0.25) is 0 Å². The van der Waals surface area contributed by atoms with Crippen molar-refractivity contribution in [1.29, 1.82) is 0 Å². The van der Waals surface area contributed by atoms with Crippen LogP contribution in [-0.2, 0) is 9.53 Å². The second-order valence-corrected chi connectivity index (χ2v) is 7.94. The highest BCUT2D eigenvalue weighted by Crippen LogP contribution is 2.40. The lowest BCUT2D eigenvalue weighted by Crippen LogP contribution is -2.15. The fourth-order valence-corrected chi connectivity index (χ4v) is 4.01. The van der Waals surface area contributed by atoms with Gasteiger partial charge in [-0.15, -0.1) is 0 Å². The first kappa shape index (κ1) is 23.0. The summed E-state index contributed by atoms with van der Waals surface area (Å²) in [6.45, 7) is 3.34. The number of methoxy groups -OCH3 is 1. The van der Waals surface area contributed by atoms with Crippen molar-refractivity contribution < 1.29 is 27.8 Å². The van der Waals surface area contributed by atoms with Crippen molar-refractivity contribution in [2.24, 2.45) is 0 Å². The minimum Gasteiger partial charge on any atom is -0.493 e. The number of furan rings is 1. The molecule has 0 amide bonds. The van der Waals surface area contributed by atoms with Crippen LogP contribution < -0.4 is 15.1 Å². The van der Waals surface area contributed by atoms with Gasteiger partial charge in [0.2, 0.25) is 0 Å². The normalized spacial score (nSPS) is 10.9. The number of carbonyl (C=O) groups excluding carboxylic acids is 1. The van der Waals surface area contributed by atoms with Crippen LogP contribution in [0.3, 0.4) is 0 Å². The van der Waals surface area contributed by atoms with E-state index in [0.717, 1.165) is 10.9 Å². The molecule has 0 aliphatic carbocycles. The molecule has 0 aliphatic rings. The van der Waals surface area contributed by atoms with Gasteiger partial charge in [-0.25, -0.2) is 9.59 Å². The Kier molecular flexibility index (Phi) is 6.28. The van der Waals surface area contributed by atoms with Crippen molar-refractivity contribution in [3.8, 4) is 33.9 Å². The third-order valence-corrected chi connectivity index (χ3v) is 5.63. The number of hydrogen-bond donors (Lipinski definition) is 0. The maximum Gasteiger partial charge on any atom is 0.344 e. The van der Waals surface area contributed by atoms with Crippen LogP contribution in [-0.4, -0.2) is 26.3 Å². The molecule has 0 spiro atoms. The lowest BCUT2D eigenvalue weighted by molar-refractivity contribution is -0.144. The highest BCUT2D eigenvalue weighted by atomic mass is 16.6. The quantitative estimate of drug-likeness (QED) is 0.152. The van der Waals surface area contributed by atoms with E-state index in [2.05, 4.69) is 6.58 Å². The van der Waals surface area contributed by atoms with Crippen LogP contribution >= 0.6 is 0 Å². The number of para-hydroxylation sites is 1. The summed E-state index contributed by atoms with van der Waals surface area (Å²) in [4.78, 5) is 24.6. The Morgan fingerprint density at radius 1 is 0.944 bits per heavy atom. The van der Waals surface area contributed by atoms with Gasteiger partial charge in [0.15, 0.2) is 17.9 Å². The van der Waals surface area contributed by atoms with Crippen LogP contribution in [0.1, 0.15) is 0 Å². The van der Waals surface area contributed by atoms with Crippen molar-refractivity contribution >= 4 is 27.9 Å². The van der Waals surface area contributed by atoms with Gasteiger partial charge < -0.3 is 23.0 Å². The molecule has 3 aromatic carbocycles. The number of benzene rings is 3. The summed E-state index contributed by atoms with van der Waals surface area (Å²) >= 11 is 0. The molecule has 0 atom stereocenters. The average molecular weight is 482 g/mol. The number of rotatable bonds is 8. The minimum atomic E-state index is -0.529. The standard InChI is InChI=1S/C29H22O7/c1-3-12-33-28(31)17-34-24-15-21-22(25-13-19-10-7-11-23(32-2)29(19)36-25)16-27(30)35-26(21)14-20(24)18-8-5-4-6-9-18/h3-11,13-16H,1,12,17H2,2H3. The highest BCUT2D eigenvalue weighted by Gasteiger charge is 2.19. The lowest BCUT2D eigenvalue weighted by Gasteiger charge is -2.14. The summed E-state index contributed by atoms with van der Waals surface area (Å²) < 4.78 is 28.0. The molecule has 2 aromatic heterocycles. The van der Waals surface area contributed by atoms with E-state index in [1.807, 2.05) is 48.5 Å². The van der Waals surface area contributed by atoms with E-state index in [0.29, 0.717) is 44.9 Å². The predicted molar refractivity (Wildman–Crippen MR) is 136 cm³/mol. The van der Waals surface area contributed by atoms with E-state index in [-0.39, 0.29) is 13.2 Å². The van der Waals surface area contributed by atoms with E-state index in [1.165, 1.54) is 12.1 Å². The molecule has 0 unspecified atom stereocenters. The molecule has 180 valence electrons. The minimum absolute atomic E-state index is 0.0935. The number of esters is 1. The first-order chi connectivity index (χ1) is 17.6. The molecule has 7 nitrogen and oxygen atoms in total. The van der Waals surface area contributed by atoms with Crippen LogP contribution in [0.4, 0.5) is 0 Å². The van der Waals surface area contributed by atoms with Crippen molar-refractivity contribution in [1.82, 2.24) is 0 Å². The first-order valence-corrected chi connectivity index (χ1v) is 11.2. The van der Waals surface area contributed by atoms with Gasteiger partial charge in [-0.1, -0.05) is 55.1 Å². The summed E-state index contributed by atoms with van der Waals surface area (Å²) in [5, 5.41) is 1.41. The van der Waals surface area contributed by atoms with Crippen LogP contribution in [0.25, 0.3) is 44.4 Å². The Balaban J connectivity index is 1.67. The Morgan fingerprint density at radius 2 is 1.78 bits per heavy atom. The van der Waals surface area contributed by atoms with E-state index < -0.39 is 11.6 Å². The second kappa shape index (κ2) is 9.84. The summed E-state index contributed by atoms with van der Waals surface area (Å²) in [6, 6.07) is 21.7. The molecule has 2 heterocycles. The molecule has 0 N–H and O–H groups in total. The van der Waals surface area contributed by atoms with Gasteiger partial charge in [0.1, 0.15) is 23.7 Å². The smallest absolute Gasteiger partial charge is 0.344 e. The summed E-state index contributed by atoms with van der Waals surface area (Å²) in [5.74, 6) is 0.946. The molecule has 0 saturated carbocycles. The molecule has 0 aliphatic heterocycles. The molecule has 5 rings (SSSR count). The Hall–Kier alpha value is -4.78. The van der Waals surface area contributed by atoms with E-state index >= 15 is 0 Å². The maximum absolute atomic E-state index is 12.5. The first-order valence-electron chi connectivity index (χ1n) is 11.2. The molecule has 0 bridgehead atoms. The zero-order valence-electron chi connectivity index (χ0n) is 19.5. The third-order valence-electron chi connectivity index (χ3n) is 5.63. The molecular formula is C29H22O7. The largest absolute Gasteiger partial charge is 0.493 e. The van der Waals surface area contributed by atoms with Crippen molar-refractivity contribution in [2.45, 2.75) is 0 Å². The van der Waals surface area contributed by atoms with Crippen molar-refractivity contribution in [2.75, 3.05) is 20.3 Å². The maximum atomic E-state index is 12.5. The van der Waals surface area contributed by atoms with Crippen LogP contribution in [0, 0.1) is 0 Å². The topological polar surface area (TPSA) is 88.1 Å². The fourth-order valence-electron chi connectivity index (χ4n) is 4.01. The molecule has 36 heavy (non-hydrogen) atoms. The highest BCUT2D eigenvalue weighted by molar-refractivity contribution is 5.98. The second-order valence-electron chi connectivity index (χ2n) is 7.94. The number of fused-ring (bicyclic) bond motifs is 2. The zero-order valence-corrected chi connectivity index (χ0v) is 19.5. The predicted octanol–water partition coefficient (Wildman–Crippen LogP) is 5.99. The molecule has 5 aromatic rings. The van der Waals surface area contributed by atoms with E-state index in [4.69, 9.17) is 23.0 Å². The number of ether oxygens (including phenoxy) is 3. The van der Waals surface area contributed by atoms with E-state index in [9.17, 15) is 9.59 Å². The lowest BCUT2D eigenvalue weighted by atomic mass is 10.00. The molecule has 0 saturated heterocycles. The van der Waals surface area contributed by atoms with Gasteiger partial charge in [-0.2, -0.15) is 0 Å². The van der Waals surface area contributed by atoms with Crippen molar-refractivity contribution in [3.63, 3.8) is 0 Å². The average Bonchev–Trinajstić information content (AvgIpc) is 3.34. The van der Waals surface area contributed by atoms with Gasteiger partial charge in [0.05, 0.1) is 7.11 Å². The Morgan fingerprint density at radius 3 is 2.56 bits per heavy atom. The monoisotopic (exact) mass is 482 g/mol. The fraction of sp³-hybridized carbons (Fsp3) is 0.103. The molecule has 0 radical (unpaired) electrons. The van der Waals surface area contributed by atoms with Gasteiger partial charge in [-0.3, -0.25) is 0 Å². The summed E-state index contributed by atoms with van der Waals surface area (Å²) in [7, 11) is 1.57. The van der Waals surface area contributed by atoms with Crippen molar-refractivity contribution in [3.05, 3.63) is 95.9 Å². The summed E-state index contributed by atoms with van der Waals surface area (Å²) in [6.07, 6.45) is 1.49. The van der Waals surface area contributed by atoms with Crippen LogP contribution in [0.15, 0.2) is 99.1 Å². The Bertz CT molecular complexity index is 1630. The molecular weight excluding hydrogens is 460 g/mol. The molecule has 0 fully saturated rings. The summed E-state index contributed by atoms with van der Waals surface area (Å²) in [5.41, 5.74) is 2.41. The van der Waals surface area contributed by atoms with Gasteiger partial charge in [-0.05, 0) is 29.8 Å². The number of carbonyl (C=O) groups is 1. The van der Waals surface area contributed by atoms with Gasteiger partial charge in [0.25, 0.3) is 0 Å². The van der Waals surface area contributed by atoms with Gasteiger partial charge in [0, 0.05) is 28.0 Å². The third kappa shape index (κ3) is 4.46. The van der Waals surface area contributed by atoms with Crippen LogP contribution in [0.5, 0.6) is 11.5 Å². The van der Waals surface area contributed by atoms with Gasteiger partial charge >= 0.3 is 11.6 Å².